The number of carboxylic acid groups (broad SMARTS) is 1. The van der Waals surface area contributed by atoms with Gasteiger partial charge in [0.25, 0.3) is 0 Å². The number of nitrogens with zero attached hydrogens (tertiary/aromatic N) is 1. The zero-order chi connectivity index (χ0) is 5.86. The van der Waals surface area contributed by atoms with Crippen molar-refractivity contribution in [1.82, 2.24) is 0 Å². The van der Waals surface area contributed by atoms with Crippen LogP contribution in [0.1, 0.15) is 0 Å². The Labute approximate surface area is 54.6 Å². The Morgan fingerprint density at radius 2 is 2.43 bits per heavy atom. The third-order valence-electron chi connectivity index (χ3n) is 0.364. The maximum absolute atomic E-state index is 9.79. The number of carbonyl (C=O) groups is 1. The first-order chi connectivity index (χ1) is 3.18. The molecule has 0 radical (unpaired) electrons. The summed E-state index contributed by atoms with van der Waals surface area (Å²) in [6.07, 6.45) is 0. The Morgan fingerprint density at radius 3 is 2.43 bits per heavy atom. The predicted octanol–water partition coefficient (Wildman–Crippen LogP) is 0.533. The topological polar surface area (TPSA) is 49.7 Å². The molecule has 7 heavy (non-hydrogen) atoms. The Hall–Kier alpha value is -0.130. The van der Waals surface area contributed by atoms with E-state index in [-0.39, 0.29) is 0 Å². The monoisotopic (exact) mass is 213 g/mol. The van der Waals surface area contributed by atoms with Gasteiger partial charge in [-0.3, -0.25) is 4.99 Å². The highest BCUT2D eigenvalue weighted by atomic mass is 127. The summed E-state index contributed by atoms with van der Waals surface area (Å²) in [4.78, 5) is 13.0. The van der Waals surface area contributed by atoms with Gasteiger partial charge in [0.15, 0.2) is 4.05 Å². The predicted molar refractivity (Wildman–Crippen MR) is 35.0 cm³/mol. The summed E-state index contributed by atoms with van der Waals surface area (Å²) in [6, 6.07) is 0. The van der Waals surface area contributed by atoms with Gasteiger partial charge in [-0.25, -0.2) is 4.79 Å². The van der Waals surface area contributed by atoms with E-state index in [1.54, 1.807) is 22.6 Å². The van der Waals surface area contributed by atoms with Crippen LogP contribution in [0, 0.1) is 0 Å². The van der Waals surface area contributed by atoms with Crippen molar-refractivity contribution < 1.29 is 9.90 Å². The number of carboxylic acids is 1. The van der Waals surface area contributed by atoms with E-state index in [4.69, 9.17) is 5.11 Å². The van der Waals surface area contributed by atoms with E-state index in [9.17, 15) is 4.79 Å². The molecule has 0 aromatic rings. The fourth-order valence-electron chi connectivity index (χ4n) is 0.0781. The van der Waals surface area contributed by atoms with Gasteiger partial charge in [-0.1, -0.05) is 0 Å². The molecule has 1 N–H and O–H groups in total. The van der Waals surface area contributed by atoms with Gasteiger partial charge in [-0.05, 0) is 29.3 Å². The average molecular weight is 213 g/mol. The SMILES string of the molecule is C=NC(I)C(=O)O. The van der Waals surface area contributed by atoms with Crippen LogP contribution in [0.4, 0.5) is 0 Å². The normalized spacial score (nSPS) is 12.7. The van der Waals surface area contributed by atoms with Crippen LogP contribution in [0.2, 0.25) is 0 Å². The van der Waals surface area contributed by atoms with Crippen LogP contribution in [0.15, 0.2) is 4.99 Å². The molecular formula is C3H4INO2. The number of aliphatic carboxylic acids is 1. The lowest BCUT2D eigenvalue weighted by Gasteiger charge is -1.90. The van der Waals surface area contributed by atoms with Crippen molar-refractivity contribution in [2.24, 2.45) is 4.99 Å². The highest BCUT2D eigenvalue weighted by Gasteiger charge is 2.06. The molecule has 0 fully saturated rings. The molecule has 0 rings (SSSR count). The standard InChI is InChI=1S/C3H4INO2/c1-5-2(4)3(6)7/h2H,1H2,(H,6,7). The Bertz CT molecular complexity index is 92.9. The first kappa shape index (κ1) is 6.87. The molecular weight excluding hydrogens is 209 g/mol. The molecule has 40 valence electrons. The molecule has 4 heteroatoms. The molecule has 0 aliphatic carbocycles. The highest BCUT2D eigenvalue weighted by molar-refractivity contribution is 14.1. The van der Waals surface area contributed by atoms with Gasteiger partial charge in [0.1, 0.15) is 0 Å². The van der Waals surface area contributed by atoms with E-state index in [2.05, 4.69) is 11.7 Å². The maximum Gasteiger partial charge on any atom is 0.338 e. The van der Waals surface area contributed by atoms with Crippen molar-refractivity contribution in [1.29, 1.82) is 0 Å². The van der Waals surface area contributed by atoms with Gasteiger partial charge in [0.05, 0.1) is 0 Å². The smallest absolute Gasteiger partial charge is 0.338 e. The molecule has 1 unspecified atom stereocenters. The van der Waals surface area contributed by atoms with E-state index in [1.165, 1.54) is 0 Å². The van der Waals surface area contributed by atoms with Gasteiger partial charge in [-0.15, -0.1) is 0 Å². The first-order valence-electron chi connectivity index (χ1n) is 1.51. The van der Waals surface area contributed by atoms with Gasteiger partial charge in [0.2, 0.25) is 0 Å². The van der Waals surface area contributed by atoms with Gasteiger partial charge in [0, 0.05) is 0 Å². The van der Waals surface area contributed by atoms with Crippen LogP contribution in [-0.2, 0) is 4.79 Å². The molecule has 0 saturated carbocycles. The number of hydrogen-bond acceptors (Lipinski definition) is 2. The minimum absolute atomic E-state index is 0.697. The minimum atomic E-state index is -0.949. The van der Waals surface area contributed by atoms with Crippen molar-refractivity contribution in [3.63, 3.8) is 0 Å². The summed E-state index contributed by atoms with van der Waals surface area (Å²) in [5, 5.41) is 8.04. The van der Waals surface area contributed by atoms with Crippen LogP contribution in [0.5, 0.6) is 0 Å². The van der Waals surface area contributed by atoms with Crippen LogP contribution in [0.25, 0.3) is 0 Å². The third-order valence-corrected chi connectivity index (χ3v) is 1.29. The van der Waals surface area contributed by atoms with Crippen LogP contribution < -0.4 is 0 Å². The average Bonchev–Trinajstić information content (AvgIpc) is 1.65. The fourth-order valence-corrected chi connectivity index (χ4v) is 0.0781. The zero-order valence-electron chi connectivity index (χ0n) is 3.47. The summed E-state index contributed by atoms with van der Waals surface area (Å²) in [5.41, 5.74) is 0. The van der Waals surface area contributed by atoms with Crippen LogP contribution in [0.3, 0.4) is 0 Å². The summed E-state index contributed by atoms with van der Waals surface area (Å²) in [6.45, 7) is 3.04. The minimum Gasteiger partial charge on any atom is -0.479 e. The molecule has 0 aromatic heterocycles. The lowest BCUT2D eigenvalue weighted by molar-refractivity contribution is -0.135. The van der Waals surface area contributed by atoms with Crippen molar-refractivity contribution in [3.8, 4) is 0 Å². The van der Waals surface area contributed by atoms with Gasteiger partial charge >= 0.3 is 5.97 Å². The van der Waals surface area contributed by atoms with E-state index < -0.39 is 10.0 Å². The quantitative estimate of drug-likeness (QED) is 0.315. The molecule has 0 aromatic carbocycles. The molecule has 0 spiro atoms. The number of aliphatic imine (C=N–C) groups is 1. The lowest BCUT2D eigenvalue weighted by Crippen LogP contribution is -2.07. The largest absolute Gasteiger partial charge is 0.479 e. The fraction of sp³-hybridized carbons (Fsp3) is 0.333. The van der Waals surface area contributed by atoms with E-state index in [0.29, 0.717) is 0 Å². The second-order valence-electron chi connectivity index (χ2n) is 0.857. The molecule has 0 amide bonds. The number of alkyl halides is 1. The molecule has 0 aliphatic rings. The number of halogens is 1. The molecule has 1 atom stereocenters. The summed E-state index contributed by atoms with van der Waals surface area (Å²) in [7, 11) is 0. The van der Waals surface area contributed by atoms with E-state index in [1.807, 2.05) is 0 Å². The Balaban J connectivity index is 3.55. The Kier molecular flexibility index (Phi) is 2.89. The number of hydrogen-bond donors (Lipinski definition) is 1. The molecule has 0 heterocycles. The first-order valence-corrected chi connectivity index (χ1v) is 2.75. The third kappa shape index (κ3) is 2.55. The summed E-state index contributed by atoms with van der Waals surface area (Å²) in [5.74, 6) is -0.949. The van der Waals surface area contributed by atoms with E-state index >= 15 is 0 Å². The molecule has 0 saturated heterocycles. The Morgan fingerprint density at radius 1 is 2.00 bits per heavy atom. The van der Waals surface area contributed by atoms with Gasteiger partial charge in [-0.2, -0.15) is 0 Å². The number of rotatable bonds is 2. The second-order valence-corrected chi connectivity index (χ2v) is 2.04. The lowest BCUT2D eigenvalue weighted by atomic mass is 10.7. The molecule has 0 aliphatic heterocycles. The van der Waals surface area contributed by atoms with E-state index in [0.717, 1.165) is 0 Å². The zero-order valence-corrected chi connectivity index (χ0v) is 5.62. The van der Waals surface area contributed by atoms with Crippen molar-refractivity contribution in [3.05, 3.63) is 0 Å². The highest BCUT2D eigenvalue weighted by Crippen LogP contribution is 1.98. The summed E-state index contributed by atoms with van der Waals surface area (Å²) >= 11 is 1.67. The molecule has 0 bridgehead atoms. The van der Waals surface area contributed by atoms with Gasteiger partial charge < -0.3 is 5.11 Å². The van der Waals surface area contributed by atoms with Crippen molar-refractivity contribution >= 4 is 35.3 Å². The molecule has 3 nitrogen and oxygen atoms in total. The summed E-state index contributed by atoms with van der Waals surface area (Å²) < 4.78 is -0.697. The van der Waals surface area contributed by atoms with Crippen LogP contribution in [-0.4, -0.2) is 21.8 Å². The van der Waals surface area contributed by atoms with Crippen LogP contribution >= 0.6 is 22.6 Å². The second kappa shape index (κ2) is 2.95. The van der Waals surface area contributed by atoms with Crippen molar-refractivity contribution in [2.75, 3.05) is 0 Å². The maximum atomic E-state index is 9.79. The van der Waals surface area contributed by atoms with Crippen molar-refractivity contribution in [2.45, 2.75) is 4.05 Å².